The number of rotatable bonds is 1. The minimum atomic E-state index is 0.0918. The van der Waals surface area contributed by atoms with Crippen molar-refractivity contribution in [2.45, 2.75) is 40.0 Å². The van der Waals surface area contributed by atoms with Crippen LogP contribution in [-0.2, 0) is 5.41 Å². The molecule has 1 aromatic rings. The van der Waals surface area contributed by atoms with Crippen molar-refractivity contribution in [2.75, 3.05) is 7.11 Å². The summed E-state index contributed by atoms with van der Waals surface area (Å²) in [6.07, 6.45) is 1.78. The number of methoxy groups -OCH3 is 1. The summed E-state index contributed by atoms with van der Waals surface area (Å²) in [5, 5.41) is 0. The van der Waals surface area contributed by atoms with Gasteiger partial charge in [0.25, 0.3) is 0 Å². The van der Waals surface area contributed by atoms with Crippen LogP contribution < -0.4 is 4.74 Å². The normalized spacial score (nSPS) is 10.1. The van der Waals surface area contributed by atoms with Crippen LogP contribution >= 0.6 is 0 Å². The van der Waals surface area contributed by atoms with Crippen LogP contribution in [0.25, 0.3) is 0 Å². The van der Waals surface area contributed by atoms with Crippen molar-refractivity contribution in [3.05, 3.63) is 24.0 Å². The third kappa shape index (κ3) is 3.77. The van der Waals surface area contributed by atoms with Gasteiger partial charge in [-0.15, -0.1) is 0 Å². The van der Waals surface area contributed by atoms with E-state index in [1.807, 2.05) is 26.0 Å². The average Bonchev–Trinajstić information content (AvgIpc) is 2.20. The van der Waals surface area contributed by atoms with E-state index in [-0.39, 0.29) is 5.41 Å². The Kier molecular flexibility index (Phi) is 5.21. The zero-order valence-corrected chi connectivity index (χ0v) is 10.1. The van der Waals surface area contributed by atoms with Crippen molar-refractivity contribution in [3.63, 3.8) is 0 Å². The van der Waals surface area contributed by atoms with Gasteiger partial charge in [-0.2, -0.15) is 0 Å². The highest BCUT2D eigenvalue weighted by Crippen LogP contribution is 2.22. The van der Waals surface area contributed by atoms with Gasteiger partial charge >= 0.3 is 0 Å². The molecule has 0 aliphatic heterocycles. The Balaban J connectivity index is 0.000000791. The van der Waals surface area contributed by atoms with Gasteiger partial charge in [0.15, 0.2) is 0 Å². The molecule has 0 N–H and O–H groups in total. The van der Waals surface area contributed by atoms with E-state index in [2.05, 4.69) is 25.8 Å². The first kappa shape index (κ1) is 12.9. The highest BCUT2D eigenvalue weighted by atomic mass is 16.5. The van der Waals surface area contributed by atoms with Crippen LogP contribution in [0.15, 0.2) is 18.3 Å². The molecule has 2 heteroatoms. The van der Waals surface area contributed by atoms with E-state index in [0.717, 1.165) is 11.4 Å². The van der Waals surface area contributed by atoms with Crippen LogP contribution in [0.3, 0.4) is 0 Å². The van der Waals surface area contributed by atoms with Gasteiger partial charge in [0, 0.05) is 23.4 Å². The van der Waals surface area contributed by atoms with Crippen LogP contribution in [-0.4, -0.2) is 12.1 Å². The number of pyridine rings is 1. The van der Waals surface area contributed by atoms with E-state index >= 15 is 0 Å². The van der Waals surface area contributed by atoms with Gasteiger partial charge in [0.05, 0.1) is 7.11 Å². The maximum Gasteiger partial charge on any atom is 0.122 e. The first-order chi connectivity index (χ1) is 6.54. The third-order valence-electron chi connectivity index (χ3n) is 1.74. The van der Waals surface area contributed by atoms with Gasteiger partial charge in [-0.05, 0) is 6.07 Å². The molecule has 80 valence electrons. The molecule has 1 heterocycles. The number of nitrogens with zero attached hydrogens (tertiary/aromatic N) is 1. The Morgan fingerprint density at radius 1 is 1.21 bits per heavy atom. The Morgan fingerprint density at radius 3 is 2.21 bits per heavy atom. The van der Waals surface area contributed by atoms with E-state index in [4.69, 9.17) is 4.74 Å². The van der Waals surface area contributed by atoms with Gasteiger partial charge < -0.3 is 4.74 Å². The molecule has 2 nitrogen and oxygen atoms in total. The zero-order valence-electron chi connectivity index (χ0n) is 10.1. The van der Waals surface area contributed by atoms with Crippen LogP contribution in [0.1, 0.15) is 40.3 Å². The Labute approximate surface area is 87.3 Å². The topological polar surface area (TPSA) is 22.1 Å². The fourth-order valence-corrected chi connectivity index (χ4v) is 0.948. The lowest BCUT2D eigenvalue weighted by Gasteiger charge is -2.17. The fourth-order valence-electron chi connectivity index (χ4n) is 0.948. The number of hydrogen-bond acceptors (Lipinski definition) is 2. The zero-order chi connectivity index (χ0) is 11.2. The SMILES string of the molecule is CC.COc1ccnc(C(C)(C)C)c1. The molecule has 0 spiro atoms. The van der Waals surface area contributed by atoms with Crippen LogP contribution in [0, 0.1) is 0 Å². The average molecular weight is 195 g/mol. The van der Waals surface area contributed by atoms with Crippen LogP contribution in [0.2, 0.25) is 0 Å². The smallest absolute Gasteiger partial charge is 0.122 e. The second-order valence-corrected chi connectivity index (χ2v) is 3.83. The molecular formula is C12H21NO. The van der Waals surface area contributed by atoms with Gasteiger partial charge in [0.1, 0.15) is 5.75 Å². The van der Waals surface area contributed by atoms with Gasteiger partial charge in [-0.25, -0.2) is 0 Å². The van der Waals surface area contributed by atoms with Crippen molar-refractivity contribution < 1.29 is 4.74 Å². The molecule has 0 amide bonds. The predicted octanol–water partition coefficient (Wildman–Crippen LogP) is 3.41. The van der Waals surface area contributed by atoms with E-state index < -0.39 is 0 Å². The van der Waals surface area contributed by atoms with Crippen molar-refractivity contribution in [1.29, 1.82) is 0 Å². The summed E-state index contributed by atoms with van der Waals surface area (Å²) < 4.78 is 5.11. The molecule has 0 fully saturated rings. The summed E-state index contributed by atoms with van der Waals surface area (Å²) in [6, 6.07) is 3.83. The minimum absolute atomic E-state index is 0.0918. The Morgan fingerprint density at radius 2 is 1.79 bits per heavy atom. The quantitative estimate of drug-likeness (QED) is 0.685. The summed E-state index contributed by atoms with van der Waals surface area (Å²) in [7, 11) is 1.67. The lowest BCUT2D eigenvalue weighted by molar-refractivity contribution is 0.411. The fraction of sp³-hybridized carbons (Fsp3) is 0.583. The van der Waals surface area contributed by atoms with E-state index in [9.17, 15) is 0 Å². The standard InChI is InChI=1S/C10H15NO.C2H6/c1-10(2,3)9-7-8(12-4)5-6-11-9;1-2/h5-7H,1-4H3;1-2H3. The first-order valence-corrected chi connectivity index (χ1v) is 5.04. The largest absolute Gasteiger partial charge is 0.497 e. The lowest BCUT2D eigenvalue weighted by atomic mass is 9.92. The maximum atomic E-state index is 5.11. The lowest BCUT2D eigenvalue weighted by Crippen LogP contribution is -2.13. The summed E-state index contributed by atoms with van der Waals surface area (Å²) in [5.41, 5.74) is 1.15. The molecule has 0 aliphatic rings. The number of hydrogen-bond donors (Lipinski definition) is 0. The minimum Gasteiger partial charge on any atom is -0.497 e. The molecule has 1 rings (SSSR count). The Hall–Kier alpha value is -1.05. The van der Waals surface area contributed by atoms with Crippen LogP contribution in [0.4, 0.5) is 0 Å². The highest BCUT2D eigenvalue weighted by molar-refractivity contribution is 5.26. The van der Waals surface area contributed by atoms with E-state index in [1.54, 1.807) is 13.3 Å². The number of aromatic nitrogens is 1. The molecule has 0 aliphatic carbocycles. The molecule has 0 atom stereocenters. The van der Waals surface area contributed by atoms with Gasteiger partial charge in [0.2, 0.25) is 0 Å². The second-order valence-electron chi connectivity index (χ2n) is 3.83. The summed E-state index contributed by atoms with van der Waals surface area (Å²) in [6.45, 7) is 10.4. The van der Waals surface area contributed by atoms with Crippen molar-refractivity contribution >= 4 is 0 Å². The van der Waals surface area contributed by atoms with Crippen molar-refractivity contribution in [2.24, 2.45) is 0 Å². The monoisotopic (exact) mass is 195 g/mol. The summed E-state index contributed by atoms with van der Waals surface area (Å²) in [4.78, 5) is 4.28. The molecule has 0 radical (unpaired) electrons. The van der Waals surface area contributed by atoms with Crippen molar-refractivity contribution in [1.82, 2.24) is 4.98 Å². The second kappa shape index (κ2) is 5.63. The molecule has 0 saturated carbocycles. The molecule has 0 saturated heterocycles. The maximum absolute atomic E-state index is 5.11. The highest BCUT2D eigenvalue weighted by Gasteiger charge is 2.15. The van der Waals surface area contributed by atoms with E-state index in [1.165, 1.54) is 0 Å². The first-order valence-electron chi connectivity index (χ1n) is 5.04. The van der Waals surface area contributed by atoms with Crippen molar-refractivity contribution in [3.8, 4) is 5.75 Å². The molecular weight excluding hydrogens is 174 g/mol. The molecule has 0 bridgehead atoms. The van der Waals surface area contributed by atoms with E-state index in [0.29, 0.717) is 0 Å². The van der Waals surface area contributed by atoms with Gasteiger partial charge in [-0.1, -0.05) is 34.6 Å². The third-order valence-corrected chi connectivity index (χ3v) is 1.74. The number of ether oxygens (including phenoxy) is 1. The molecule has 1 aromatic heterocycles. The Bertz CT molecular complexity index is 263. The van der Waals surface area contributed by atoms with Crippen LogP contribution in [0.5, 0.6) is 5.75 Å². The molecule has 14 heavy (non-hydrogen) atoms. The molecule has 0 unspecified atom stereocenters. The van der Waals surface area contributed by atoms with Gasteiger partial charge in [-0.3, -0.25) is 4.98 Å². The summed E-state index contributed by atoms with van der Waals surface area (Å²) in [5.74, 6) is 0.870. The summed E-state index contributed by atoms with van der Waals surface area (Å²) >= 11 is 0. The predicted molar refractivity (Wildman–Crippen MR) is 60.8 cm³/mol. The molecule has 0 aromatic carbocycles.